The number of nitro groups is 1. The first-order valence-electron chi connectivity index (χ1n) is 9.43. The van der Waals surface area contributed by atoms with Crippen molar-refractivity contribution in [2.45, 2.75) is 62.4 Å². The number of aliphatic hydroxyl groups is 1. The van der Waals surface area contributed by atoms with Crippen LogP contribution in [-0.4, -0.2) is 39.4 Å². The van der Waals surface area contributed by atoms with E-state index in [9.17, 15) is 24.8 Å². The average Bonchev–Trinajstić information content (AvgIpc) is 2.70. The van der Waals surface area contributed by atoms with Crippen LogP contribution in [0.5, 0.6) is 0 Å². The van der Waals surface area contributed by atoms with Crippen molar-refractivity contribution < 1.29 is 24.4 Å². The quantitative estimate of drug-likeness (QED) is 0.155. The molecule has 0 saturated heterocycles. The zero-order valence-electron chi connectivity index (χ0n) is 16.2. The van der Waals surface area contributed by atoms with Crippen LogP contribution in [0, 0.1) is 10.1 Å². The molecule has 0 spiro atoms. The molecule has 1 amide bonds. The SMILES string of the molecule is CCCCCCCC(=O)O[C@H](c1ccc([N+](=O)[O-])cc1)[C@@H](CO)NC(=O)C(Cl)Cl. The molecule has 29 heavy (non-hydrogen) atoms. The topological polar surface area (TPSA) is 119 Å². The number of benzene rings is 1. The second kappa shape index (κ2) is 13.3. The van der Waals surface area contributed by atoms with Gasteiger partial charge in [-0.15, -0.1) is 0 Å². The Labute approximate surface area is 179 Å². The Morgan fingerprint density at radius 2 is 1.79 bits per heavy atom. The summed E-state index contributed by atoms with van der Waals surface area (Å²) in [5.74, 6) is -1.25. The van der Waals surface area contributed by atoms with Crippen LogP contribution in [0.2, 0.25) is 0 Å². The van der Waals surface area contributed by atoms with Crippen molar-refractivity contribution in [2.24, 2.45) is 0 Å². The highest BCUT2D eigenvalue weighted by atomic mass is 35.5. The summed E-state index contributed by atoms with van der Waals surface area (Å²) in [5.41, 5.74) is 0.246. The summed E-state index contributed by atoms with van der Waals surface area (Å²) in [7, 11) is 0. The number of carbonyl (C=O) groups is 2. The maximum absolute atomic E-state index is 12.3. The lowest BCUT2D eigenvalue weighted by molar-refractivity contribution is -0.384. The van der Waals surface area contributed by atoms with Gasteiger partial charge in [-0.25, -0.2) is 0 Å². The van der Waals surface area contributed by atoms with E-state index in [-0.39, 0.29) is 12.1 Å². The van der Waals surface area contributed by atoms with Crippen molar-refractivity contribution >= 4 is 40.8 Å². The van der Waals surface area contributed by atoms with E-state index in [1.807, 2.05) is 0 Å². The molecule has 2 atom stereocenters. The van der Waals surface area contributed by atoms with Gasteiger partial charge in [0.15, 0.2) is 4.84 Å². The fraction of sp³-hybridized carbons (Fsp3) is 0.579. The number of nitrogens with one attached hydrogen (secondary N) is 1. The minimum absolute atomic E-state index is 0.138. The second-order valence-electron chi connectivity index (χ2n) is 6.52. The lowest BCUT2D eigenvalue weighted by atomic mass is 10.0. The molecule has 0 aliphatic carbocycles. The highest BCUT2D eigenvalue weighted by Crippen LogP contribution is 2.25. The predicted molar refractivity (Wildman–Crippen MR) is 110 cm³/mol. The molecule has 0 radical (unpaired) electrons. The van der Waals surface area contributed by atoms with Crippen LogP contribution in [-0.2, 0) is 14.3 Å². The summed E-state index contributed by atoms with van der Waals surface area (Å²) in [6.45, 7) is 1.54. The van der Waals surface area contributed by atoms with Crippen molar-refractivity contribution in [3.8, 4) is 0 Å². The molecule has 0 heterocycles. The number of aliphatic hydroxyl groups excluding tert-OH is 1. The van der Waals surface area contributed by atoms with Gasteiger partial charge in [-0.2, -0.15) is 0 Å². The summed E-state index contributed by atoms with van der Waals surface area (Å²) >= 11 is 11.1. The molecule has 0 saturated carbocycles. The Balaban J connectivity index is 2.93. The van der Waals surface area contributed by atoms with Gasteiger partial charge < -0.3 is 15.2 Å². The van der Waals surface area contributed by atoms with Gasteiger partial charge in [0.05, 0.1) is 17.6 Å². The molecule has 162 valence electrons. The lowest BCUT2D eigenvalue weighted by Crippen LogP contribution is -2.45. The molecule has 1 rings (SSSR count). The Kier molecular flexibility index (Phi) is 11.6. The first-order chi connectivity index (χ1) is 13.8. The predicted octanol–water partition coefficient (Wildman–Crippen LogP) is 3.82. The maximum Gasteiger partial charge on any atom is 0.306 e. The van der Waals surface area contributed by atoms with Gasteiger partial charge in [0.25, 0.3) is 11.6 Å². The van der Waals surface area contributed by atoms with Crippen molar-refractivity contribution in [3.05, 3.63) is 39.9 Å². The molecule has 10 heteroatoms. The van der Waals surface area contributed by atoms with E-state index in [0.717, 1.165) is 25.7 Å². The first kappa shape index (κ1) is 25.1. The van der Waals surface area contributed by atoms with E-state index in [2.05, 4.69) is 12.2 Å². The minimum Gasteiger partial charge on any atom is -0.455 e. The molecule has 0 unspecified atom stereocenters. The third-order valence-electron chi connectivity index (χ3n) is 4.26. The van der Waals surface area contributed by atoms with Crippen LogP contribution in [0.25, 0.3) is 0 Å². The number of non-ortho nitro benzene ring substituents is 1. The number of nitrogens with zero attached hydrogens (tertiary/aromatic N) is 1. The third-order valence-corrected chi connectivity index (χ3v) is 4.66. The fourth-order valence-electron chi connectivity index (χ4n) is 2.70. The van der Waals surface area contributed by atoms with Crippen molar-refractivity contribution in [2.75, 3.05) is 6.61 Å². The average molecular weight is 449 g/mol. The number of unbranched alkanes of at least 4 members (excludes halogenated alkanes) is 4. The van der Waals surface area contributed by atoms with Crippen LogP contribution in [0.15, 0.2) is 24.3 Å². The van der Waals surface area contributed by atoms with Gasteiger partial charge >= 0.3 is 5.97 Å². The van der Waals surface area contributed by atoms with Crippen molar-refractivity contribution in [1.82, 2.24) is 5.32 Å². The zero-order valence-corrected chi connectivity index (χ0v) is 17.7. The maximum atomic E-state index is 12.3. The molecule has 1 aromatic rings. The number of hydrogen-bond donors (Lipinski definition) is 2. The van der Waals surface area contributed by atoms with Crippen molar-refractivity contribution in [3.63, 3.8) is 0 Å². The molecule has 0 aliphatic rings. The van der Waals surface area contributed by atoms with E-state index >= 15 is 0 Å². The number of halogens is 2. The highest BCUT2D eigenvalue weighted by molar-refractivity contribution is 6.53. The first-order valence-corrected chi connectivity index (χ1v) is 10.3. The van der Waals surface area contributed by atoms with Crippen LogP contribution < -0.4 is 5.32 Å². The molecular formula is C19H26Cl2N2O6. The van der Waals surface area contributed by atoms with Gasteiger partial charge in [0.1, 0.15) is 6.10 Å². The number of carbonyl (C=O) groups excluding carboxylic acids is 2. The molecule has 0 aromatic heterocycles. The Morgan fingerprint density at radius 3 is 2.31 bits per heavy atom. The minimum atomic E-state index is -1.36. The van der Waals surface area contributed by atoms with Gasteiger partial charge in [-0.3, -0.25) is 19.7 Å². The highest BCUT2D eigenvalue weighted by Gasteiger charge is 2.29. The molecule has 2 N–H and O–H groups in total. The smallest absolute Gasteiger partial charge is 0.306 e. The van der Waals surface area contributed by atoms with Gasteiger partial charge in [-0.1, -0.05) is 55.8 Å². The summed E-state index contributed by atoms with van der Waals surface area (Å²) in [6, 6.07) is 4.30. The summed E-state index contributed by atoms with van der Waals surface area (Å²) in [4.78, 5) is 33.1. The number of ether oxygens (including phenoxy) is 1. The van der Waals surface area contributed by atoms with Gasteiger partial charge in [0, 0.05) is 18.6 Å². The van der Waals surface area contributed by atoms with Gasteiger partial charge in [0.2, 0.25) is 0 Å². The number of hydrogen-bond acceptors (Lipinski definition) is 6. The van der Waals surface area contributed by atoms with E-state index in [1.165, 1.54) is 24.3 Å². The molecule has 0 fully saturated rings. The molecule has 1 aromatic carbocycles. The largest absolute Gasteiger partial charge is 0.455 e. The Hall–Kier alpha value is -1.90. The van der Waals surface area contributed by atoms with Gasteiger partial charge in [-0.05, 0) is 24.1 Å². The van der Waals surface area contributed by atoms with E-state index in [1.54, 1.807) is 0 Å². The number of nitro benzene ring substituents is 1. The van der Waals surface area contributed by atoms with E-state index < -0.39 is 40.4 Å². The summed E-state index contributed by atoms with van der Waals surface area (Å²) < 4.78 is 5.51. The molecule has 0 aliphatic heterocycles. The Morgan fingerprint density at radius 1 is 1.17 bits per heavy atom. The lowest BCUT2D eigenvalue weighted by Gasteiger charge is -2.27. The number of rotatable bonds is 13. The Bertz CT molecular complexity index is 669. The summed E-state index contributed by atoms with van der Waals surface area (Å²) in [6.07, 6.45) is 3.90. The van der Waals surface area contributed by atoms with E-state index in [4.69, 9.17) is 27.9 Å². The van der Waals surface area contributed by atoms with Crippen LogP contribution in [0.3, 0.4) is 0 Å². The monoisotopic (exact) mass is 448 g/mol. The normalized spacial score (nSPS) is 13.0. The van der Waals surface area contributed by atoms with E-state index in [0.29, 0.717) is 12.0 Å². The number of alkyl halides is 2. The van der Waals surface area contributed by atoms with Crippen molar-refractivity contribution in [1.29, 1.82) is 0 Å². The second-order valence-corrected chi connectivity index (χ2v) is 7.62. The summed E-state index contributed by atoms with van der Waals surface area (Å²) in [5, 5.41) is 23.0. The van der Waals surface area contributed by atoms with Crippen LogP contribution in [0.4, 0.5) is 5.69 Å². The third kappa shape index (κ3) is 8.97. The standard InChI is InChI=1S/C19H26Cl2N2O6/c1-2-3-4-5-6-7-16(25)29-17(15(12-24)22-19(26)18(20)21)13-8-10-14(11-9-13)23(27)28/h8-11,15,17-18,24H,2-7,12H2,1H3,(H,22,26)/t15-,17-/m1/s1. The molecule has 0 bridgehead atoms. The fourth-order valence-corrected chi connectivity index (χ4v) is 2.83. The zero-order chi connectivity index (χ0) is 21.8. The number of esters is 1. The van der Waals surface area contributed by atoms with Crippen LogP contribution >= 0.6 is 23.2 Å². The molecule has 8 nitrogen and oxygen atoms in total. The molecular weight excluding hydrogens is 423 g/mol. The van der Waals surface area contributed by atoms with Crippen LogP contribution in [0.1, 0.15) is 57.1 Å². The number of amides is 1.